The summed E-state index contributed by atoms with van der Waals surface area (Å²) in [6, 6.07) is 1.81. The summed E-state index contributed by atoms with van der Waals surface area (Å²) < 4.78 is 10.2. The second kappa shape index (κ2) is 7.53. The van der Waals surface area contributed by atoms with Crippen molar-refractivity contribution in [3.05, 3.63) is 22.2 Å². The predicted octanol–water partition coefficient (Wildman–Crippen LogP) is 1.23. The SMILES string of the molecule is Cl.O=C(CN1CCC[C@H]1C(=O)O)Nc1cc2c(cc1[N+](=O)[O-])OCO2. The van der Waals surface area contributed by atoms with Crippen molar-refractivity contribution in [3.8, 4) is 11.5 Å². The lowest BCUT2D eigenvalue weighted by molar-refractivity contribution is -0.384. The Balaban J connectivity index is 0.00000225. The highest BCUT2D eigenvalue weighted by Crippen LogP contribution is 2.40. The molecule has 1 amide bonds. The fourth-order valence-corrected chi connectivity index (χ4v) is 2.85. The molecule has 0 unspecified atom stereocenters. The third-order valence-corrected chi connectivity index (χ3v) is 3.96. The number of nitro benzene ring substituents is 1. The Morgan fingerprint density at radius 1 is 1.36 bits per heavy atom. The number of likely N-dealkylation sites (tertiary alicyclic amines) is 1. The first-order valence-corrected chi connectivity index (χ1v) is 7.30. The van der Waals surface area contributed by atoms with E-state index < -0.39 is 22.8 Å². The molecule has 10 nitrogen and oxygen atoms in total. The van der Waals surface area contributed by atoms with Crippen LogP contribution in [0.1, 0.15) is 12.8 Å². The molecule has 1 atom stereocenters. The number of anilines is 1. The third kappa shape index (κ3) is 3.91. The topological polar surface area (TPSA) is 131 Å². The highest BCUT2D eigenvalue weighted by Gasteiger charge is 2.32. The Morgan fingerprint density at radius 3 is 2.68 bits per heavy atom. The number of carboxylic acid groups (broad SMARTS) is 1. The maximum atomic E-state index is 12.2. The van der Waals surface area contributed by atoms with Crippen molar-refractivity contribution in [1.82, 2.24) is 4.90 Å². The predicted molar refractivity (Wildman–Crippen MR) is 87.3 cm³/mol. The number of nitrogens with zero attached hydrogens (tertiary/aromatic N) is 2. The Hall–Kier alpha value is -2.59. The van der Waals surface area contributed by atoms with Crippen molar-refractivity contribution in [1.29, 1.82) is 0 Å². The molecule has 1 aromatic carbocycles. The van der Waals surface area contributed by atoms with Gasteiger partial charge in [-0.05, 0) is 19.4 Å². The average Bonchev–Trinajstić information content (AvgIpc) is 3.14. The van der Waals surface area contributed by atoms with Crippen LogP contribution in [0.4, 0.5) is 11.4 Å². The first kappa shape index (κ1) is 18.7. The average molecular weight is 374 g/mol. The van der Waals surface area contributed by atoms with E-state index in [1.54, 1.807) is 0 Å². The number of ether oxygens (including phenoxy) is 2. The molecule has 0 radical (unpaired) electrons. The fraction of sp³-hybridized carbons (Fsp3) is 0.429. The summed E-state index contributed by atoms with van der Waals surface area (Å²) in [6.45, 7) is 0.300. The zero-order valence-corrected chi connectivity index (χ0v) is 13.8. The number of halogens is 1. The molecule has 3 rings (SSSR count). The summed E-state index contributed by atoms with van der Waals surface area (Å²) in [5.74, 6) is -0.954. The third-order valence-electron chi connectivity index (χ3n) is 3.96. The van der Waals surface area contributed by atoms with E-state index in [4.69, 9.17) is 14.6 Å². The Labute approximate surface area is 148 Å². The maximum Gasteiger partial charge on any atom is 0.320 e. The molecular weight excluding hydrogens is 358 g/mol. The van der Waals surface area contributed by atoms with Gasteiger partial charge in [0, 0.05) is 6.07 Å². The number of rotatable bonds is 5. The van der Waals surface area contributed by atoms with Gasteiger partial charge in [-0.3, -0.25) is 24.6 Å². The zero-order chi connectivity index (χ0) is 17.3. The molecule has 1 aromatic rings. The van der Waals surface area contributed by atoms with E-state index in [2.05, 4.69) is 5.32 Å². The largest absolute Gasteiger partial charge is 0.480 e. The zero-order valence-electron chi connectivity index (χ0n) is 13.0. The van der Waals surface area contributed by atoms with Gasteiger partial charge in [-0.2, -0.15) is 0 Å². The van der Waals surface area contributed by atoms with Crippen molar-refractivity contribution in [2.45, 2.75) is 18.9 Å². The Morgan fingerprint density at radius 2 is 2.04 bits per heavy atom. The lowest BCUT2D eigenvalue weighted by atomic mass is 10.2. The molecule has 25 heavy (non-hydrogen) atoms. The summed E-state index contributed by atoms with van der Waals surface area (Å²) in [5, 5.41) is 22.7. The molecule has 0 spiro atoms. The van der Waals surface area contributed by atoms with Crippen LogP contribution in [-0.2, 0) is 9.59 Å². The minimum atomic E-state index is -0.977. The minimum absolute atomic E-state index is 0. The van der Waals surface area contributed by atoms with Gasteiger partial charge < -0.3 is 19.9 Å². The number of aliphatic carboxylic acids is 1. The molecule has 1 saturated heterocycles. The standard InChI is InChI=1S/C14H15N3O7.ClH/c18-13(6-16-3-1-2-9(16)14(19)20)15-8-4-11-12(24-7-23-11)5-10(8)17(21)22;/h4-5,9H,1-3,6-7H2,(H,15,18)(H,19,20);1H/t9-;/m0./s1. The van der Waals surface area contributed by atoms with Crippen LogP contribution in [0.5, 0.6) is 11.5 Å². The molecule has 2 aliphatic rings. The molecule has 2 heterocycles. The first-order valence-electron chi connectivity index (χ1n) is 7.30. The number of carbonyl (C=O) groups is 2. The van der Waals surface area contributed by atoms with Crippen LogP contribution in [-0.4, -0.2) is 52.7 Å². The van der Waals surface area contributed by atoms with E-state index in [0.717, 1.165) is 0 Å². The van der Waals surface area contributed by atoms with Crippen LogP contribution < -0.4 is 14.8 Å². The van der Waals surface area contributed by atoms with Gasteiger partial charge in [-0.25, -0.2) is 0 Å². The van der Waals surface area contributed by atoms with E-state index in [-0.39, 0.29) is 42.9 Å². The molecule has 2 N–H and O–H groups in total. The summed E-state index contributed by atoms with van der Waals surface area (Å²) in [7, 11) is 0. The molecule has 0 bridgehead atoms. The van der Waals surface area contributed by atoms with Crippen LogP contribution in [0.25, 0.3) is 0 Å². The summed E-state index contributed by atoms with van der Waals surface area (Å²) >= 11 is 0. The van der Waals surface area contributed by atoms with E-state index in [1.807, 2.05) is 0 Å². The second-order valence-corrected chi connectivity index (χ2v) is 5.49. The quantitative estimate of drug-likeness (QED) is 0.582. The van der Waals surface area contributed by atoms with Gasteiger partial charge in [0.1, 0.15) is 11.7 Å². The molecular formula is C14H16ClN3O7. The van der Waals surface area contributed by atoms with Crippen LogP contribution >= 0.6 is 12.4 Å². The van der Waals surface area contributed by atoms with Gasteiger partial charge in [-0.15, -0.1) is 12.4 Å². The Kier molecular flexibility index (Phi) is 5.65. The first-order chi connectivity index (χ1) is 11.5. The number of fused-ring (bicyclic) bond motifs is 1. The number of hydrogen-bond donors (Lipinski definition) is 2. The molecule has 0 aromatic heterocycles. The van der Waals surface area contributed by atoms with Gasteiger partial charge in [0.25, 0.3) is 5.69 Å². The van der Waals surface area contributed by atoms with Crippen LogP contribution in [0, 0.1) is 10.1 Å². The van der Waals surface area contributed by atoms with Gasteiger partial charge in [0.2, 0.25) is 12.7 Å². The Bertz CT molecular complexity index is 712. The highest BCUT2D eigenvalue weighted by molar-refractivity contribution is 5.95. The molecule has 0 aliphatic carbocycles. The van der Waals surface area contributed by atoms with Crippen LogP contribution in [0.3, 0.4) is 0 Å². The number of benzene rings is 1. The number of nitrogens with one attached hydrogen (secondary N) is 1. The summed E-state index contributed by atoms with van der Waals surface area (Å²) in [5.41, 5.74) is -0.330. The van der Waals surface area contributed by atoms with Crippen molar-refractivity contribution < 1.29 is 29.1 Å². The molecule has 11 heteroatoms. The lowest BCUT2D eigenvalue weighted by Crippen LogP contribution is -2.40. The molecule has 136 valence electrons. The second-order valence-electron chi connectivity index (χ2n) is 5.49. The summed E-state index contributed by atoms with van der Waals surface area (Å²) in [6.07, 6.45) is 1.17. The normalized spacial score (nSPS) is 18.5. The van der Waals surface area contributed by atoms with Gasteiger partial charge in [0.15, 0.2) is 11.5 Å². The minimum Gasteiger partial charge on any atom is -0.480 e. The van der Waals surface area contributed by atoms with E-state index in [0.29, 0.717) is 25.1 Å². The van der Waals surface area contributed by atoms with E-state index in [1.165, 1.54) is 17.0 Å². The van der Waals surface area contributed by atoms with Crippen molar-refractivity contribution in [3.63, 3.8) is 0 Å². The van der Waals surface area contributed by atoms with Gasteiger partial charge in [-0.1, -0.05) is 0 Å². The smallest absolute Gasteiger partial charge is 0.320 e. The highest BCUT2D eigenvalue weighted by atomic mass is 35.5. The van der Waals surface area contributed by atoms with Crippen molar-refractivity contribution in [2.75, 3.05) is 25.2 Å². The number of hydrogen-bond acceptors (Lipinski definition) is 7. The monoisotopic (exact) mass is 373 g/mol. The van der Waals surface area contributed by atoms with Gasteiger partial charge >= 0.3 is 5.97 Å². The summed E-state index contributed by atoms with van der Waals surface area (Å²) in [4.78, 5) is 35.4. The van der Waals surface area contributed by atoms with Crippen LogP contribution in [0.15, 0.2) is 12.1 Å². The lowest BCUT2D eigenvalue weighted by Gasteiger charge is -2.20. The number of carboxylic acids is 1. The molecule has 0 saturated carbocycles. The fourth-order valence-electron chi connectivity index (χ4n) is 2.85. The van der Waals surface area contributed by atoms with Crippen LogP contribution in [0.2, 0.25) is 0 Å². The van der Waals surface area contributed by atoms with Crippen molar-refractivity contribution >= 4 is 35.7 Å². The molecule has 2 aliphatic heterocycles. The van der Waals surface area contributed by atoms with E-state index in [9.17, 15) is 19.7 Å². The maximum absolute atomic E-state index is 12.2. The number of carbonyl (C=O) groups excluding carboxylic acids is 1. The number of nitro groups is 1. The number of amides is 1. The van der Waals surface area contributed by atoms with Gasteiger partial charge in [0.05, 0.1) is 17.5 Å². The molecule has 1 fully saturated rings. The van der Waals surface area contributed by atoms with Crippen molar-refractivity contribution in [2.24, 2.45) is 0 Å². The van der Waals surface area contributed by atoms with E-state index >= 15 is 0 Å².